The number of carbonyl (C=O) groups is 1. The lowest BCUT2D eigenvalue weighted by Crippen LogP contribution is -2.50. The van der Waals surface area contributed by atoms with Gasteiger partial charge < -0.3 is 24.2 Å². The number of aromatic nitrogens is 3. The normalized spacial score (nSPS) is 16.1. The molecule has 0 aliphatic carbocycles. The molecule has 1 aliphatic heterocycles. The summed E-state index contributed by atoms with van der Waals surface area (Å²) < 4.78 is 11.9. The van der Waals surface area contributed by atoms with Gasteiger partial charge in [-0.25, -0.2) is 14.8 Å². The van der Waals surface area contributed by atoms with Gasteiger partial charge in [-0.05, 0) is 18.2 Å². The highest BCUT2D eigenvalue weighted by atomic mass is 16.5. The van der Waals surface area contributed by atoms with Gasteiger partial charge in [0.2, 0.25) is 5.88 Å². The largest absolute Gasteiger partial charge is 0.473 e. The van der Waals surface area contributed by atoms with Crippen molar-refractivity contribution < 1.29 is 14.3 Å². The number of urea groups is 1. The first-order valence-corrected chi connectivity index (χ1v) is 10.5. The summed E-state index contributed by atoms with van der Waals surface area (Å²) in [6.45, 7) is 1.77. The van der Waals surface area contributed by atoms with Crippen LogP contribution in [0.4, 0.5) is 10.5 Å². The lowest BCUT2D eigenvalue weighted by Gasteiger charge is -2.34. The minimum atomic E-state index is -0.246. The fourth-order valence-electron chi connectivity index (χ4n) is 3.57. The zero-order chi connectivity index (χ0) is 22.7. The third-order valence-electron chi connectivity index (χ3n) is 5.30. The Morgan fingerprint density at radius 2 is 1.91 bits per heavy atom. The zero-order valence-corrected chi connectivity index (χ0v) is 18.9. The molecule has 168 valence electrons. The fourth-order valence-corrected chi connectivity index (χ4v) is 3.57. The van der Waals surface area contributed by atoms with Crippen molar-refractivity contribution in [3.63, 3.8) is 0 Å². The summed E-state index contributed by atoms with van der Waals surface area (Å²) in [4.78, 5) is 31.3. The monoisotopic (exact) mass is 436 g/mol. The maximum Gasteiger partial charge on any atom is 0.319 e. The van der Waals surface area contributed by atoms with Gasteiger partial charge in [0, 0.05) is 58.4 Å². The Bertz CT molecular complexity index is 1090. The zero-order valence-electron chi connectivity index (χ0n) is 18.9. The summed E-state index contributed by atoms with van der Waals surface area (Å²) in [5, 5.41) is 0. The first-order valence-electron chi connectivity index (χ1n) is 10.5. The molecule has 2 amide bonds. The molecule has 1 unspecified atom stereocenters. The van der Waals surface area contributed by atoms with Crippen LogP contribution in [0, 0.1) is 0 Å². The number of ether oxygens (including phenoxy) is 2. The maximum atomic E-state index is 12.3. The number of benzene rings is 1. The van der Waals surface area contributed by atoms with Gasteiger partial charge in [0.25, 0.3) is 0 Å². The van der Waals surface area contributed by atoms with Crippen molar-refractivity contribution in [2.75, 3.05) is 59.4 Å². The van der Waals surface area contributed by atoms with E-state index in [2.05, 4.69) is 9.97 Å². The summed E-state index contributed by atoms with van der Waals surface area (Å²) in [6.07, 6.45) is 3.03. The quantitative estimate of drug-likeness (QED) is 0.608. The number of hydrogen-bond donors (Lipinski definition) is 0. The molecular weight excluding hydrogens is 408 g/mol. The van der Waals surface area contributed by atoms with Crippen LogP contribution in [0.5, 0.6) is 5.88 Å². The molecule has 1 fully saturated rings. The summed E-state index contributed by atoms with van der Waals surface area (Å²) in [7, 11) is 7.50. The van der Waals surface area contributed by atoms with Crippen LogP contribution < -0.4 is 9.64 Å². The van der Waals surface area contributed by atoms with Crippen LogP contribution in [0.3, 0.4) is 0 Å². The number of anilines is 1. The van der Waals surface area contributed by atoms with E-state index in [0.29, 0.717) is 36.6 Å². The molecular formula is C23H28N6O3. The molecule has 0 bridgehead atoms. The number of hydrogen-bond acceptors (Lipinski definition) is 7. The Balaban J connectivity index is 1.56. The van der Waals surface area contributed by atoms with Crippen LogP contribution >= 0.6 is 0 Å². The van der Waals surface area contributed by atoms with Gasteiger partial charge in [0.05, 0.1) is 24.4 Å². The van der Waals surface area contributed by atoms with Crippen molar-refractivity contribution in [3.05, 3.63) is 42.7 Å². The van der Waals surface area contributed by atoms with E-state index >= 15 is 0 Å². The van der Waals surface area contributed by atoms with E-state index in [0.717, 1.165) is 16.9 Å². The van der Waals surface area contributed by atoms with Crippen molar-refractivity contribution in [1.82, 2.24) is 24.8 Å². The van der Waals surface area contributed by atoms with E-state index in [9.17, 15) is 4.79 Å². The molecule has 1 saturated heterocycles. The molecule has 0 radical (unpaired) electrons. The minimum Gasteiger partial charge on any atom is -0.473 e. The first kappa shape index (κ1) is 21.8. The number of amides is 2. The van der Waals surface area contributed by atoms with Crippen LogP contribution in [0.15, 0.2) is 42.7 Å². The molecule has 0 N–H and O–H groups in total. The van der Waals surface area contributed by atoms with Gasteiger partial charge in [-0.15, -0.1) is 0 Å². The molecule has 3 heterocycles. The molecule has 9 heteroatoms. The van der Waals surface area contributed by atoms with Crippen molar-refractivity contribution in [1.29, 1.82) is 0 Å². The Hall–Kier alpha value is -3.46. The average Bonchev–Trinajstić information content (AvgIpc) is 2.82. The molecule has 0 saturated carbocycles. The SMILES string of the molecule is CN(C)C(=O)N1CCOC(COc2nc(-c3ccc(N(C)C)cc3)cc3nccnc23)C1. The van der Waals surface area contributed by atoms with E-state index in [1.54, 1.807) is 36.3 Å². The van der Waals surface area contributed by atoms with E-state index in [4.69, 9.17) is 14.5 Å². The second kappa shape index (κ2) is 9.35. The molecule has 1 aromatic carbocycles. The van der Waals surface area contributed by atoms with E-state index < -0.39 is 0 Å². The van der Waals surface area contributed by atoms with E-state index in [1.165, 1.54) is 0 Å². The number of carbonyl (C=O) groups excluding carboxylic acids is 1. The third-order valence-corrected chi connectivity index (χ3v) is 5.30. The van der Waals surface area contributed by atoms with Gasteiger partial charge in [0.1, 0.15) is 12.7 Å². The molecule has 3 aromatic rings. The fraction of sp³-hybridized carbons (Fsp3) is 0.391. The maximum absolute atomic E-state index is 12.3. The average molecular weight is 437 g/mol. The lowest BCUT2D eigenvalue weighted by molar-refractivity contribution is -0.0382. The molecule has 32 heavy (non-hydrogen) atoms. The van der Waals surface area contributed by atoms with Crippen LogP contribution in [0.1, 0.15) is 0 Å². The molecule has 4 rings (SSSR count). The Morgan fingerprint density at radius 1 is 1.16 bits per heavy atom. The molecule has 2 aromatic heterocycles. The van der Waals surface area contributed by atoms with Gasteiger partial charge in [-0.3, -0.25) is 4.98 Å². The Kier molecular flexibility index (Phi) is 6.36. The van der Waals surface area contributed by atoms with Gasteiger partial charge in [-0.2, -0.15) is 0 Å². The van der Waals surface area contributed by atoms with Crippen LogP contribution in [0.25, 0.3) is 22.3 Å². The van der Waals surface area contributed by atoms with Gasteiger partial charge in [-0.1, -0.05) is 12.1 Å². The molecule has 1 atom stereocenters. The highest BCUT2D eigenvalue weighted by molar-refractivity contribution is 5.83. The van der Waals surface area contributed by atoms with E-state index in [1.807, 2.05) is 49.3 Å². The predicted molar refractivity (Wildman–Crippen MR) is 123 cm³/mol. The first-order chi connectivity index (χ1) is 15.4. The second-order valence-electron chi connectivity index (χ2n) is 8.10. The summed E-state index contributed by atoms with van der Waals surface area (Å²) >= 11 is 0. The lowest BCUT2D eigenvalue weighted by atomic mass is 10.1. The number of pyridine rings is 1. The predicted octanol–water partition coefficient (Wildman–Crippen LogP) is 2.52. The molecule has 9 nitrogen and oxygen atoms in total. The van der Waals surface area contributed by atoms with Crippen molar-refractivity contribution in [2.45, 2.75) is 6.10 Å². The van der Waals surface area contributed by atoms with Crippen LogP contribution in [-0.2, 0) is 4.74 Å². The Morgan fingerprint density at radius 3 is 2.62 bits per heavy atom. The summed E-state index contributed by atoms with van der Waals surface area (Å²) in [5.74, 6) is 0.405. The third kappa shape index (κ3) is 4.72. The van der Waals surface area contributed by atoms with Crippen LogP contribution in [0.2, 0.25) is 0 Å². The number of nitrogens with zero attached hydrogens (tertiary/aromatic N) is 6. The van der Waals surface area contributed by atoms with Gasteiger partial charge in [0.15, 0.2) is 5.52 Å². The van der Waals surface area contributed by atoms with Crippen molar-refractivity contribution in [3.8, 4) is 17.1 Å². The minimum absolute atomic E-state index is 0.0316. The van der Waals surface area contributed by atoms with Crippen molar-refractivity contribution >= 4 is 22.8 Å². The highest BCUT2D eigenvalue weighted by Gasteiger charge is 2.26. The van der Waals surface area contributed by atoms with Gasteiger partial charge >= 0.3 is 6.03 Å². The van der Waals surface area contributed by atoms with Crippen molar-refractivity contribution in [2.24, 2.45) is 0 Å². The van der Waals surface area contributed by atoms with Crippen LogP contribution in [-0.4, -0.2) is 91.4 Å². The molecule has 1 aliphatic rings. The standard InChI is InChI=1S/C23H28N6O3/c1-27(2)17-7-5-16(6-8-17)19-13-20-21(25-10-9-24-20)22(26-19)32-15-18-14-29(11-12-31-18)23(30)28(3)4/h5-10,13,18H,11-12,14-15H2,1-4H3. The number of morpholine rings is 1. The smallest absolute Gasteiger partial charge is 0.319 e. The molecule has 0 spiro atoms. The Labute approximate surface area is 187 Å². The number of fused-ring (bicyclic) bond motifs is 1. The van der Waals surface area contributed by atoms with E-state index in [-0.39, 0.29) is 18.7 Å². The number of rotatable bonds is 5. The topological polar surface area (TPSA) is 83.9 Å². The second-order valence-corrected chi connectivity index (χ2v) is 8.10. The highest BCUT2D eigenvalue weighted by Crippen LogP contribution is 2.28. The summed E-state index contributed by atoms with van der Waals surface area (Å²) in [5.41, 5.74) is 4.13. The summed E-state index contributed by atoms with van der Waals surface area (Å²) in [6, 6.07) is 10.0.